The summed E-state index contributed by atoms with van der Waals surface area (Å²) >= 11 is 0. The third-order valence-corrected chi connectivity index (χ3v) is 4.80. The number of halogens is 9. The van der Waals surface area contributed by atoms with Gasteiger partial charge < -0.3 is 15.7 Å². The molecule has 15 heteroatoms. The Kier molecular flexibility index (Phi) is 9.91. The highest BCUT2D eigenvalue weighted by molar-refractivity contribution is 5.75. The lowest BCUT2D eigenvalue weighted by atomic mass is 9.98. The fourth-order valence-corrected chi connectivity index (χ4v) is 3.02. The number of nitrogens with one attached hydrogen (secondary N) is 2. The minimum atomic E-state index is -5.08. The van der Waals surface area contributed by atoms with E-state index < -0.39 is 53.4 Å². The van der Waals surface area contributed by atoms with Crippen molar-refractivity contribution >= 4 is 12.0 Å². The number of carbonyl (C=O) groups is 2. The Morgan fingerprint density at radius 1 is 0.795 bits per heavy atom. The summed E-state index contributed by atoms with van der Waals surface area (Å²) in [7, 11) is 0. The van der Waals surface area contributed by atoms with Crippen molar-refractivity contribution in [3.63, 3.8) is 0 Å². The summed E-state index contributed by atoms with van der Waals surface area (Å²) in [5.74, 6) is -2.76. The number of aromatic nitrogens is 1. The number of alkyl halides is 9. The molecule has 2 amide bonds. The Morgan fingerprint density at radius 3 is 1.85 bits per heavy atom. The summed E-state index contributed by atoms with van der Waals surface area (Å²) < 4.78 is 111. The van der Waals surface area contributed by atoms with Gasteiger partial charge >= 0.3 is 30.5 Å². The van der Waals surface area contributed by atoms with Crippen molar-refractivity contribution in [1.82, 2.24) is 15.6 Å². The van der Waals surface area contributed by atoms with Crippen molar-refractivity contribution < 1.29 is 54.2 Å². The van der Waals surface area contributed by atoms with E-state index in [4.69, 9.17) is 9.90 Å². The summed E-state index contributed by atoms with van der Waals surface area (Å²) in [6.45, 7) is 0.0980. The van der Waals surface area contributed by atoms with Crippen molar-refractivity contribution in [2.45, 2.75) is 31.1 Å². The van der Waals surface area contributed by atoms with Gasteiger partial charge in [-0.25, -0.2) is 9.59 Å². The molecule has 3 N–H and O–H groups in total. The van der Waals surface area contributed by atoms with Gasteiger partial charge in [0, 0.05) is 12.7 Å². The Morgan fingerprint density at radius 2 is 1.36 bits per heavy atom. The topological polar surface area (TPSA) is 91.3 Å². The van der Waals surface area contributed by atoms with Crippen LogP contribution < -0.4 is 10.6 Å². The molecular weight excluding hydrogens is 549 g/mol. The maximum Gasteiger partial charge on any atom is 0.490 e. The number of urea groups is 1. The second-order valence-electron chi connectivity index (χ2n) is 7.60. The normalized spacial score (nSPS) is 12.5. The lowest BCUT2D eigenvalue weighted by molar-refractivity contribution is -0.192. The van der Waals surface area contributed by atoms with Gasteiger partial charge in [-0.1, -0.05) is 42.5 Å². The molecule has 1 heterocycles. The maximum absolute atomic E-state index is 13.5. The average Bonchev–Trinajstić information content (AvgIpc) is 2.85. The first-order valence-electron chi connectivity index (χ1n) is 10.6. The molecule has 0 aliphatic heterocycles. The van der Waals surface area contributed by atoms with Crippen molar-refractivity contribution in [2.24, 2.45) is 0 Å². The molecule has 1 atom stereocenters. The summed E-state index contributed by atoms with van der Waals surface area (Å²) in [4.78, 5) is 25.1. The molecule has 6 nitrogen and oxygen atoms in total. The number of carboxylic acids is 1. The number of aliphatic carboxylic acids is 1. The highest BCUT2D eigenvalue weighted by atomic mass is 19.4. The van der Waals surface area contributed by atoms with Gasteiger partial charge in [0.2, 0.25) is 0 Å². The van der Waals surface area contributed by atoms with Gasteiger partial charge in [0.25, 0.3) is 0 Å². The van der Waals surface area contributed by atoms with E-state index >= 15 is 0 Å². The lowest BCUT2D eigenvalue weighted by Crippen LogP contribution is -2.39. The molecule has 0 saturated carbocycles. The molecule has 1 aromatic heterocycles. The molecule has 0 bridgehead atoms. The predicted octanol–water partition coefficient (Wildman–Crippen LogP) is 6.34. The first-order valence-corrected chi connectivity index (χ1v) is 10.6. The molecule has 3 rings (SSSR count). The smallest absolute Gasteiger partial charge is 0.475 e. The Balaban J connectivity index is 0.000000673. The molecule has 0 spiro atoms. The van der Waals surface area contributed by atoms with E-state index in [0.717, 1.165) is 48.2 Å². The van der Waals surface area contributed by atoms with Gasteiger partial charge in [-0.3, -0.25) is 4.98 Å². The Bertz CT molecular complexity index is 1240. The van der Waals surface area contributed by atoms with Crippen molar-refractivity contribution in [3.05, 3.63) is 101 Å². The number of benzene rings is 2. The molecule has 39 heavy (non-hydrogen) atoms. The van der Waals surface area contributed by atoms with E-state index in [1.54, 1.807) is 30.3 Å². The van der Waals surface area contributed by atoms with Crippen LogP contribution in [0.5, 0.6) is 0 Å². The highest BCUT2D eigenvalue weighted by Gasteiger charge is 2.38. The number of carboxylic acid groups (broad SMARTS) is 1. The van der Waals surface area contributed by atoms with Gasteiger partial charge in [0.15, 0.2) is 0 Å². The molecule has 210 valence electrons. The van der Waals surface area contributed by atoms with Crippen LogP contribution >= 0.6 is 0 Å². The van der Waals surface area contributed by atoms with E-state index in [9.17, 15) is 44.3 Å². The summed E-state index contributed by atoms with van der Waals surface area (Å²) in [5.41, 5.74) is -1.84. The number of rotatable bonds is 5. The second-order valence-corrected chi connectivity index (χ2v) is 7.60. The van der Waals surface area contributed by atoms with Gasteiger partial charge in [-0.2, -0.15) is 39.5 Å². The zero-order chi connectivity index (χ0) is 29.4. The van der Waals surface area contributed by atoms with Crippen LogP contribution in [-0.2, 0) is 23.7 Å². The zero-order valence-electron chi connectivity index (χ0n) is 19.3. The van der Waals surface area contributed by atoms with Gasteiger partial charge in [0.05, 0.1) is 22.9 Å². The van der Waals surface area contributed by atoms with Crippen molar-refractivity contribution in [3.8, 4) is 0 Å². The van der Waals surface area contributed by atoms with Crippen LogP contribution in [0.1, 0.15) is 34.0 Å². The molecule has 0 aliphatic carbocycles. The Labute approximate surface area is 214 Å². The summed E-state index contributed by atoms with van der Waals surface area (Å²) in [6, 6.07) is 11.9. The van der Waals surface area contributed by atoms with Crippen LogP contribution in [0.15, 0.2) is 72.9 Å². The predicted molar refractivity (Wildman–Crippen MR) is 118 cm³/mol. The minimum Gasteiger partial charge on any atom is -0.475 e. The molecule has 0 unspecified atom stereocenters. The van der Waals surface area contributed by atoms with E-state index in [1.165, 1.54) is 0 Å². The summed E-state index contributed by atoms with van der Waals surface area (Å²) in [6.07, 6.45) is -13.4. The largest absolute Gasteiger partial charge is 0.490 e. The number of nitrogens with zero attached hydrogens (tertiary/aromatic N) is 1. The fraction of sp³-hybridized carbons (Fsp3) is 0.208. The van der Waals surface area contributed by atoms with Crippen LogP contribution in [-0.4, -0.2) is 28.3 Å². The standard InChI is InChI=1S/C22H17F6N3O.C2HF3O2/c23-21(24,25)16-10-8-15(9-11-16)18(19-17(22(26,27)28)7-4-12-29-19)31-20(32)30-13-14-5-2-1-3-6-14;3-2(4,5)1(6)7/h1-12,18H,13H2,(H2,30,31,32);(H,6,7)/t18-;/m0./s1. The van der Waals surface area contributed by atoms with E-state index in [-0.39, 0.29) is 12.1 Å². The van der Waals surface area contributed by atoms with E-state index in [1.807, 2.05) is 0 Å². The third-order valence-electron chi connectivity index (χ3n) is 4.80. The maximum atomic E-state index is 13.5. The SMILES string of the molecule is O=C(NCc1ccccc1)N[C@@H](c1ccc(C(F)(F)F)cc1)c1ncccc1C(F)(F)F.O=C(O)C(F)(F)F. The quantitative estimate of drug-likeness (QED) is 0.314. The first-order chi connectivity index (χ1) is 18.0. The average molecular weight is 567 g/mol. The van der Waals surface area contributed by atoms with Crippen LogP contribution in [0.3, 0.4) is 0 Å². The fourth-order valence-electron chi connectivity index (χ4n) is 3.02. The lowest BCUT2D eigenvalue weighted by Gasteiger charge is -2.23. The summed E-state index contributed by atoms with van der Waals surface area (Å²) in [5, 5.41) is 12.0. The molecule has 0 saturated heterocycles. The Hall–Kier alpha value is -4.30. The van der Waals surface area contributed by atoms with E-state index in [0.29, 0.717) is 0 Å². The third kappa shape index (κ3) is 9.50. The van der Waals surface area contributed by atoms with Gasteiger partial charge in [-0.05, 0) is 35.4 Å². The van der Waals surface area contributed by atoms with E-state index in [2.05, 4.69) is 15.6 Å². The molecule has 2 aromatic carbocycles. The van der Waals surface area contributed by atoms with Crippen LogP contribution in [0, 0.1) is 0 Å². The van der Waals surface area contributed by atoms with Crippen molar-refractivity contribution in [2.75, 3.05) is 0 Å². The molecular formula is C24H18F9N3O3. The molecule has 0 fully saturated rings. The van der Waals surface area contributed by atoms with Crippen LogP contribution in [0.2, 0.25) is 0 Å². The first kappa shape index (κ1) is 30.9. The molecule has 0 aliphatic rings. The number of hydrogen-bond donors (Lipinski definition) is 3. The van der Waals surface area contributed by atoms with Gasteiger partial charge in [0.1, 0.15) is 0 Å². The highest BCUT2D eigenvalue weighted by Crippen LogP contribution is 2.36. The number of pyridine rings is 1. The monoisotopic (exact) mass is 567 g/mol. The van der Waals surface area contributed by atoms with Crippen LogP contribution in [0.25, 0.3) is 0 Å². The van der Waals surface area contributed by atoms with Crippen molar-refractivity contribution in [1.29, 1.82) is 0 Å². The number of hydrogen-bond acceptors (Lipinski definition) is 3. The molecule has 3 aromatic rings. The number of amides is 2. The zero-order valence-corrected chi connectivity index (χ0v) is 19.3. The minimum absolute atomic E-state index is 0.0112. The van der Waals surface area contributed by atoms with Crippen LogP contribution in [0.4, 0.5) is 44.3 Å². The van der Waals surface area contributed by atoms with Gasteiger partial charge in [-0.15, -0.1) is 0 Å². The number of carbonyl (C=O) groups excluding carboxylic acids is 1. The second kappa shape index (κ2) is 12.5. The molecule has 0 radical (unpaired) electrons.